The Morgan fingerprint density at radius 1 is 0.969 bits per heavy atom. The highest BCUT2D eigenvalue weighted by atomic mass is 16.5. The van der Waals surface area contributed by atoms with Gasteiger partial charge in [0.1, 0.15) is 11.6 Å². The molecule has 1 aliphatic rings. The molecule has 1 aromatic carbocycles. The number of methoxy groups -OCH3 is 2. The number of ether oxygens (including phenoxy) is 2. The van der Waals surface area contributed by atoms with Crippen molar-refractivity contribution in [3.8, 4) is 11.6 Å². The molecule has 9 heteroatoms. The van der Waals surface area contributed by atoms with Gasteiger partial charge in [-0.05, 0) is 37.3 Å². The van der Waals surface area contributed by atoms with E-state index in [2.05, 4.69) is 25.2 Å². The lowest BCUT2D eigenvalue weighted by atomic mass is 10.2. The smallest absolute Gasteiger partial charge is 0.255 e. The predicted octanol–water partition coefficient (Wildman–Crippen LogP) is 2.90. The average molecular weight is 435 g/mol. The van der Waals surface area contributed by atoms with Crippen molar-refractivity contribution in [1.82, 2.24) is 19.9 Å². The van der Waals surface area contributed by atoms with Gasteiger partial charge in [0, 0.05) is 55.9 Å². The number of aryl methyl sites for hydroxylation is 1. The first-order valence-corrected chi connectivity index (χ1v) is 10.4. The number of carbonyl (C=O) groups is 1. The molecule has 0 spiro atoms. The Bertz CT molecular complexity index is 1060. The van der Waals surface area contributed by atoms with Crippen LogP contribution in [0, 0.1) is 6.92 Å². The Labute approximate surface area is 187 Å². The third kappa shape index (κ3) is 4.88. The fourth-order valence-corrected chi connectivity index (χ4v) is 3.50. The normalized spacial score (nSPS) is 13.6. The van der Waals surface area contributed by atoms with E-state index in [-0.39, 0.29) is 5.91 Å². The molecule has 0 aliphatic carbocycles. The number of carbonyl (C=O) groups excluding carboxylic acids is 1. The van der Waals surface area contributed by atoms with Gasteiger partial charge in [0.2, 0.25) is 11.8 Å². The zero-order valence-corrected chi connectivity index (χ0v) is 18.4. The van der Waals surface area contributed by atoms with Gasteiger partial charge in [-0.2, -0.15) is 4.98 Å². The van der Waals surface area contributed by atoms with Gasteiger partial charge in [0.05, 0.1) is 19.8 Å². The van der Waals surface area contributed by atoms with Crippen LogP contribution in [0.1, 0.15) is 16.1 Å². The zero-order valence-electron chi connectivity index (χ0n) is 18.4. The number of nitrogens with one attached hydrogen (secondary N) is 1. The summed E-state index contributed by atoms with van der Waals surface area (Å²) in [5.74, 6) is 2.63. The van der Waals surface area contributed by atoms with Crippen LogP contribution < -0.4 is 19.7 Å². The van der Waals surface area contributed by atoms with Crippen LogP contribution in [0.25, 0.3) is 0 Å². The van der Waals surface area contributed by atoms with Gasteiger partial charge in [0.15, 0.2) is 0 Å². The molecule has 1 N–H and O–H groups in total. The summed E-state index contributed by atoms with van der Waals surface area (Å²) in [4.78, 5) is 30.1. The number of nitrogens with zero attached hydrogens (tertiary/aromatic N) is 5. The van der Waals surface area contributed by atoms with Crippen molar-refractivity contribution in [2.75, 3.05) is 50.6 Å². The number of rotatable bonds is 6. The highest BCUT2D eigenvalue weighted by molar-refractivity contribution is 5.94. The second-order valence-electron chi connectivity index (χ2n) is 7.42. The Morgan fingerprint density at radius 3 is 2.34 bits per heavy atom. The van der Waals surface area contributed by atoms with Crippen LogP contribution in [-0.2, 0) is 0 Å². The summed E-state index contributed by atoms with van der Waals surface area (Å²) in [6, 6.07) is 13.0. The highest BCUT2D eigenvalue weighted by Gasteiger charge is 2.24. The van der Waals surface area contributed by atoms with E-state index < -0.39 is 0 Å². The van der Waals surface area contributed by atoms with Crippen LogP contribution in [0.3, 0.4) is 0 Å². The third-order valence-corrected chi connectivity index (χ3v) is 5.25. The summed E-state index contributed by atoms with van der Waals surface area (Å²) < 4.78 is 10.3. The molecule has 0 saturated carbocycles. The molecule has 0 radical (unpaired) electrons. The van der Waals surface area contributed by atoms with Gasteiger partial charge in [-0.1, -0.05) is 0 Å². The Balaban J connectivity index is 1.40. The molecular formula is C23H26N6O3. The first-order chi connectivity index (χ1) is 15.6. The van der Waals surface area contributed by atoms with Crippen LogP contribution in [-0.4, -0.2) is 66.2 Å². The lowest BCUT2D eigenvalue weighted by Crippen LogP contribution is -2.49. The molecule has 1 fully saturated rings. The van der Waals surface area contributed by atoms with Crippen molar-refractivity contribution in [2.24, 2.45) is 0 Å². The monoisotopic (exact) mass is 434 g/mol. The quantitative estimate of drug-likeness (QED) is 0.633. The predicted molar refractivity (Wildman–Crippen MR) is 122 cm³/mol. The number of anilines is 3. The Hall–Kier alpha value is -3.88. The van der Waals surface area contributed by atoms with E-state index in [4.69, 9.17) is 9.47 Å². The summed E-state index contributed by atoms with van der Waals surface area (Å²) >= 11 is 0. The van der Waals surface area contributed by atoms with E-state index >= 15 is 0 Å². The number of hydrogen-bond donors (Lipinski definition) is 1. The zero-order chi connectivity index (χ0) is 22.5. The lowest BCUT2D eigenvalue weighted by Gasteiger charge is -2.35. The van der Waals surface area contributed by atoms with E-state index in [9.17, 15) is 4.79 Å². The van der Waals surface area contributed by atoms with E-state index in [1.165, 1.54) is 0 Å². The minimum absolute atomic E-state index is 0.0353. The molecule has 2 aromatic heterocycles. The van der Waals surface area contributed by atoms with E-state index in [0.717, 1.165) is 22.9 Å². The largest absolute Gasteiger partial charge is 0.497 e. The van der Waals surface area contributed by atoms with Gasteiger partial charge in [-0.25, -0.2) is 9.97 Å². The summed E-state index contributed by atoms with van der Waals surface area (Å²) in [5.41, 5.74) is 2.34. The maximum Gasteiger partial charge on any atom is 0.255 e. The minimum Gasteiger partial charge on any atom is -0.497 e. The first-order valence-electron chi connectivity index (χ1n) is 10.4. The van der Waals surface area contributed by atoms with Gasteiger partial charge in [-0.15, -0.1) is 0 Å². The maximum absolute atomic E-state index is 12.8. The Morgan fingerprint density at radius 2 is 1.72 bits per heavy atom. The summed E-state index contributed by atoms with van der Waals surface area (Å²) in [6.45, 7) is 4.43. The van der Waals surface area contributed by atoms with Gasteiger partial charge >= 0.3 is 0 Å². The summed E-state index contributed by atoms with van der Waals surface area (Å²) in [7, 11) is 3.19. The number of pyridine rings is 1. The third-order valence-electron chi connectivity index (χ3n) is 5.25. The maximum atomic E-state index is 12.8. The molecule has 9 nitrogen and oxygen atoms in total. The minimum atomic E-state index is -0.0353. The van der Waals surface area contributed by atoms with Crippen LogP contribution >= 0.6 is 0 Å². The Kier molecular flexibility index (Phi) is 6.34. The van der Waals surface area contributed by atoms with Gasteiger partial charge in [-0.3, -0.25) is 4.79 Å². The molecule has 1 saturated heterocycles. The van der Waals surface area contributed by atoms with Gasteiger partial charge < -0.3 is 24.6 Å². The molecule has 3 aromatic rings. The summed E-state index contributed by atoms with van der Waals surface area (Å²) in [6.07, 6.45) is 1.55. The molecule has 166 valence electrons. The number of amides is 1. The van der Waals surface area contributed by atoms with Crippen molar-refractivity contribution in [3.63, 3.8) is 0 Å². The molecule has 0 atom stereocenters. The molecule has 3 heterocycles. The number of aromatic nitrogens is 3. The number of hydrogen-bond acceptors (Lipinski definition) is 8. The SMILES string of the molecule is COc1ccc(Nc2cc(C)nc(N3CCN(C(=O)c4ccc(OC)nc4)CC3)n2)cc1. The molecule has 1 amide bonds. The molecule has 32 heavy (non-hydrogen) atoms. The first kappa shape index (κ1) is 21.4. The molecule has 0 unspecified atom stereocenters. The van der Waals surface area contributed by atoms with Gasteiger partial charge in [0.25, 0.3) is 5.91 Å². The number of benzene rings is 1. The molecule has 4 rings (SSSR count). The fourth-order valence-electron chi connectivity index (χ4n) is 3.50. The average Bonchev–Trinajstić information content (AvgIpc) is 2.84. The van der Waals surface area contributed by atoms with E-state index in [1.54, 1.807) is 32.5 Å². The molecule has 1 aliphatic heterocycles. The molecular weight excluding hydrogens is 408 g/mol. The highest BCUT2D eigenvalue weighted by Crippen LogP contribution is 2.22. The number of piperazine rings is 1. The van der Waals surface area contributed by atoms with Crippen molar-refractivity contribution < 1.29 is 14.3 Å². The van der Waals surface area contributed by atoms with E-state index in [1.807, 2.05) is 42.2 Å². The standard InChI is InChI=1S/C23H26N6O3/c1-16-14-20(26-18-5-7-19(31-2)8-6-18)27-23(25-16)29-12-10-28(11-13-29)22(30)17-4-9-21(32-3)24-15-17/h4-9,14-15H,10-13H2,1-3H3,(H,25,26,27). The second kappa shape index (κ2) is 9.51. The van der Waals surface area contributed by atoms with Crippen LogP contribution in [0.15, 0.2) is 48.7 Å². The summed E-state index contributed by atoms with van der Waals surface area (Å²) in [5, 5.41) is 3.32. The van der Waals surface area contributed by atoms with Crippen LogP contribution in [0.2, 0.25) is 0 Å². The van der Waals surface area contributed by atoms with Crippen LogP contribution in [0.5, 0.6) is 11.6 Å². The van der Waals surface area contributed by atoms with Crippen molar-refractivity contribution in [2.45, 2.75) is 6.92 Å². The fraction of sp³-hybridized carbons (Fsp3) is 0.304. The van der Waals surface area contributed by atoms with E-state index in [0.29, 0.717) is 43.6 Å². The van der Waals surface area contributed by atoms with Crippen molar-refractivity contribution >= 4 is 23.4 Å². The molecule has 0 bridgehead atoms. The lowest BCUT2D eigenvalue weighted by molar-refractivity contribution is 0.0745. The second-order valence-corrected chi connectivity index (χ2v) is 7.42. The van der Waals surface area contributed by atoms with Crippen molar-refractivity contribution in [3.05, 3.63) is 59.9 Å². The topological polar surface area (TPSA) is 92.7 Å². The van der Waals surface area contributed by atoms with Crippen LogP contribution in [0.4, 0.5) is 17.5 Å². The van der Waals surface area contributed by atoms with Crippen molar-refractivity contribution in [1.29, 1.82) is 0 Å².